The smallest absolute Gasteiger partial charge is 0.306 e. The zero-order chi connectivity index (χ0) is 20.2. The third-order valence-electron chi connectivity index (χ3n) is 2.85. The van der Waals surface area contributed by atoms with E-state index in [1.807, 2.05) is 67.8 Å². The van der Waals surface area contributed by atoms with Gasteiger partial charge in [0.1, 0.15) is 0 Å². The summed E-state index contributed by atoms with van der Waals surface area (Å²) < 4.78 is 5.99. The van der Waals surface area contributed by atoms with Crippen LogP contribution in [0.4, 0.5) is 5.69 Å². The number of nitrogens with one attached hydrogen (secondary N) is 2. The Balaban J connectivity index is 3.62. The van der Waals surface area contributed by atoms with Crippen LogP contribution in [0.15, 0.2) is 12.7 Å². The highest BCUT2D eigenvalue weighted by molar-refractivity contribution is 14.1. The summed E-state index contributed by atoms with van der Waals surface area (Å²) in [6, 6.07) is 0. The van der Waals surface area contributed by atoms with Gasteiger partial charge in [-0.1, -0.05) is 6.08 Å². The average molecular weight is 718 g/mol. The molecule has 0 heterocycles. The van der Waals surface area contributed by atoms with E-state index in [-0.39, 0.29) is 23.4 Å². The average Bonchev–Trinajstić information content (AvgIpc) is 2.47. The van der Waals surface area contributed by atoms with E-state index in [0.717, 1.165) is 6.92 Å². The van der Waals surface area contributed by atoms with E-state index in [4.69, 9.17) is 16.3 Å². The van der Waals surface area contributed by atoms with Crippen LogP contribution in [0.5, 0.6) is 0 Å². The summed E-state index contributed by atoms with van der Waals surface area (Å²) in [4.78, 5) is 35.6. The van der Waals surface area contributed by atoms with Gasteiger partial charge in [0.2, 0.25) is 0 Å². The standard InChI is InChI=1S/C15H14ClI3N2O5/c1-4-5-20-14(24)8-9(17)7(13(16)23)10(18)12(11(8)19)21-15(3,25)26-6(2)22/h4,21,25H,1,5H2,2-3H3,(H,20,24). The Morgan fingerprint density at radius 2 is 1.77 bits per heavy atom. The van der Waals surface area contributed by atoms with Crippen LogP contribution in [-0.4, -0.2) is 34.7 Å². The highest BCUT2D eigenvalue weighted by atomic mass is 127. The van der Waals surface area contributed by atoms with Crippen molar-refractivity contribution in [1.29, 1.82) is 0 Å². The highest BCUT2D eigenvalue weighted by Crippen LogP contribution is 2.37. The maximum Gasteiger partial charge on any atom is 0.306 e. The van der Waals surface area contributed by atoms with E-state index in [1.165, 1.54) is 13.0 Å². The fourth-order valence-electron chi connectivity index (χ4n) is 1.94. The number of esters is 1. The summed E-state index contributed by atoms with van der Waals surface area (Å²) >= 11 is 11.4. The molecule has 0 aliphatic rings. The minimum atomic E-state index is -2.06. The van der Waals surface area contributed by atoms with Gasteiger partial charge < -0.3 is 20.5 Å². The molecule has 0 radical (unpaired) electrons. The third kappa shape index (κ3) is 5.90. The van der Waals surface area contributed by atoms with Crippen LogP contribution in [0.2, 0.25) is 0 Å². The van der Waals surface area contributed by atoms with Gasteiger partial charge in [-0.3, -0.25) is 14.4 Å². The van der Waals surface area contributed by atoms with E-state index in [0.29, 0.717) is 10.7 Å². The lowest BCUT2D eigenvalue weighted by Crippen LogP contribution is -2.40. The molecular formula is C15H14ClI3N2O5. The first-order valence-corrected chi connectivity index (χ1v) is 10.5. The largest absolute Gasteiger partial charge is 0.414 e. The Morgan fingerprint density at radius 1 is 1.23 bits per heavy atom. The molecule has 1 unspecified atom stereocenters. The molecule has 1 atom stereocenters. The number of carbonyl (C=O) groups is 3. The first-order valence-electron chi connectivity index (χ1n) is 6.92. The number of hydrogen-bond donors (Lipinski definition) is 3. The summed E-state index contributed by atoms with van der Waals surface area (Å²) in [5.41, 5.74) is 0.558. The molecule has 0 bridgehead atoms. The summed E-state index contributed by atoms with van der Waals surface area (Å²) in [5.74, 6) is -3.21. The highest BCUT2D eigenvalue weighted by Gasteiger charge is 2.31. The Labute approximate surface area is 196 Å². The third-order valence-corrected chi connectivity index (χ3v) is 6.27. The molecule has 1 aromatic rings. The first-order chi connectivity index (χ1) is 11.9. The lowest BCUT2D eigenvalue weighted by atomic mass is 10.1. The number of carbonyl (C=O) groups excluding carboxylic acids is 3. The summed E-state index contributed by atoms with van der Waals surface area (Å²) in [6.07, 6.45) is 1.52. The summed E-state index contributed by atoms with van der Waals surface area (Å²) in [7, 11) is 0. The van der Waals surface area contributed by atoms with Crippen molar-refractivity contribution < 1.29 is 24.2 Å². The van der Waals surface area contributed by atoms with E-state index in [2.05, 4.69) is 17.2 Å². The number of hydrogen-bond acceptors (Lipinski definition) is 6. The zero-order valence-electron chi connectivity index (χ0n) is 13.6. The molecule has 1 rings (SSSR count). The Bertz CT molecular complexity index is 783. The lowest BCUT2D eigenvalue weighted by Gasteiger charge is -2.27. The van der Waals surface area contributed by atoms with Crippen LogP contribution >= 0.6 is 79.4 Å². The van der Waals surface area contributed by atoms with E-state index in [9.17, 15) is 19.5 Å². The van der Waals surface area contributed by atoms with Crippen molar-refractivity contribution in [2.75, 3.05) is 11.9 Å². The second kappa shape index (κ2) is 9.84. The summed E-state index contributed by atoms with van der Waals surface area (Å²) in [5, 5.41) is 14.8. The molecule has 0 aliphatic carbocycles. The molecule has 3 N–H and O–H groups in total. The van der Waals surface area contributed by atoms with Crippen LogP contribution in [0.3, 0.4) is 0 Å². The lowest BCUT2D eigenvalue weighted by molar-refractivity contribution is -0.188. The fourth-order valence-corrected chi connectivity index (χ4v) is 6.86. The van der Waals surface area contributed by atoms with Crippen LogP contribution in [0.25, 0.3) is 0 Å². The van der Waals surface area contributed by atoms with Crippen LogP contribution in [-0.2, 0) is 9.53 Å². The Morgan fingerprint density at radius 3 is 2.23 bits per heavy atom. The van der Waals surface area contributed by atoms with E-state index in [1.54, 1.807) is 0 Å². The Hall–Kier alpha value is -0.190. The normalized spacial score (nSPS) is 12.7. The molecular weight excluding hydrogens is 704 g/mol. The van der Waals surface area contributed by atoms with Crippen LogP contribution in [0, 0.1) is 10.7 Å². The maximum atomic E-state index is 12.5. The monoisotopic (exact) mass is 718 g/mol. The second-order valence-corrected chi connectivity index (χ2v) is 8.62. The van der Waals surface area contributed by atoms with Gasteiger partial charge in [0.15, 0.2) is 0 Å². The van der Waals surface area contributed by atoms with Crippen molar-refractivity contribution >= 4 is 102 Å². The topological polar surface area (TPSA) is 105 Å². The summed E-state index contributed by atoms with van der Waals surface area (Å²) in [6.45, 7) is 6.13. The molecule has 142 valence electrons. The molecule has 0 spiro atoms. The van der Waals surface area contributed by atoms with Gasteiger partial charge in [-0.25, -0.2) is 0 Å². The molecule has 11 heteroatoms. The SMILES string of the molecule is C=CCNC(=O)c1c(I)c(NC(C)(O)OC(C)=O)c(I)c(C(=O)Cl)c1I. The quantitative estimate of drug-likeness (QED) is 0.131. The van der Waals surface area contributed by atoms with E-state index < -0.39 is 23.0 Å². The van der Waals surface area contributed by atoms with Gasteiger partial charge in [0, 0.05) is 24.0 Å². The van der Waals surface area contributed by atoms with Gasteiger partial charge in [0.25, 0.3) is 17.1 Å². The molecule has 0 fully saturated rings. The van der Waals surface area contributed by atoms with Gasteiger partial charge in [0.05, 0.1) is 24.0 Å². The first kappa shape index (κ1) is 23.8. The Kier molecular flexibility index (Phi) is 9.02. The van der Waals surface area contributed by atoms with Gasteiger partial charge in [-0.05, 0) is 79.4 Å². The number of ether oxygens (including phenoxy) is 1. The maximum absolute atomic E-state index is 12.5. The van der Waals surface area contributed by atoms with Crippen molar-refractivity contribution in [3.8, 4) is 0 Å². The van der Waals surface area contributed by atoms with E-state index >= 15 is 0 Å². The molecule has 7 nitrogen and oxygen atoms in total. The van der Waals surface area contributed by atoms with Gasteiger partial charge >= 0.3 is 5.97 Å². The molecule has 0 saturated heterocycles. The minimum Gasteiger partial charge on any atom is -0.414 e. The van der Waals surface area contributed by atoms with Crippen molar-refractivity contribution in [2.45, 2.75) is 19.8 Å². The van der Waals surface area contributed by atoms with Crippen molar-refractivity contribution in [1.82, 2.24) is 5.32 Å². The number of rotatable bonds is 7. The molecule has 26 heavy (non-hydrogen) atoms. The number of aliphatic hydroxyl groups is 1. The molecule has 0 aliphatic heterocycles. The van der Waals surface area contributed by atoms with Crippen molar-refractivity contribution in [3.05, 3.63) is 34.5 Å². The number of anilines is 1. The van der Waals surface area contributed by atoms with Crippen LogP contribution in [0.1, 0.15) is 34.6 Å². The molecule has 0 aromatic heterocycles. The second-order valence-electron chi connectivity index (χ2n) is 5.04. The minimum absolute atomic E-state index is 0.109. The predicted octanol–water partition coefficient (Wildman–Crippen LogP) is 3.44. The number of amides is 1. The van der Waals surface area contributed by atoms with Crippen molar-refractivity contribution in [2.24, 2.45) is 0 Å². The number of halogens is 4. The van der Waals surface area contributed by atoms with Gasteiger partial charge in [-0.2, -0.15) is 0 Å². The fraction of sp³-hybridized carbons (Fsp3) is 0.267. The van der Waals surface area contributed by atoms with Crippen LogP contribution < -0.4 is 10.6 Å². The molecule has 0 saturated carbocycles. The number of benzene rings is 1. The zero-order valence-corrected chi connectivity index (χ0v) is 20.8. The van der Waals surface area contributed by atoms with Crippen molar-refractivity contribution in [3.63, 3.8) is 0 Å². The molecule has 1 aromatic carbocycles. The predicted molar refractivity (Wildman–Crippen MR) is 123 cm³/mol. The van der Waals surface area contributed by atoms with Gasteiger partial charge in [-0.15, -0.1) is 6.58 Å². The molecule has 1 amide bonds.